The third-order valence-electron chi connectivity index (χ3n) is 5.43. The van der Waals surface area contributed by atoms with Crippen LogP contribution in [0.1, 0.15) is 24.8 Å². The summed E-state index contributed by atoms with van der Waals surface area (Å²) in [5, 5.41) is 39.1. The number of carboxylic acid groups (broad SMARTS) is 1. The standard InChI is InChI=1S/C22H32N4O7S/c1-34-10-8-16(24-21(31)18(12-27)26-19(29)15-3-2-9-23-15)20(30)25-17(22(32)33)11-13-4-6-14(28)7-5-13/h4-7,15-18,23,27-28H,2-3,8-12H2,1H3,(H,24,31)(H,25,30)(H,26,29)(H,32,33). The number of carbonyl (C=O) groups excluding carboxylic acids is 3. The summed E-state index contributed by atoms with van der Waals surface area (Å²) in [5.41, 5.74) is 0.596. The maximum absolute atomic E-state index is 12.9. The lowest BCUT2D eigenvalue weighted by molar-refractivity contribution is -0.142. The van der Waals surface area contributed by atoms with Gasteiger partial charge in [-0.05, 0) is 55.5 Å². The van der Waals surface area contributed by atoms with Gasteiger partial charge >= 0.3 is 5.97 Å². The third-order valence-corrected chi connectivity index (χ3v) is 6.07. The molecule has 0 aromatic heterocycles. The van der Waals surface area contributed by atoms with E-state index in [9.17, 15) is 34.5 Å². The molecule has 1 aromatic rings. The normalized spacial score (nSPS) is 17.9. The molecule has 0 spiro atoms. The van der Waals surface area contributed by atoms with Crippen molar-refractivity contribution in [1.82, 2.24) is 21.3 Å². The Kier molecular flexibility index (Phi) is 11.1. The lowest BCUT2D eigenvalue weighted by atomic mass is 10.0. The number of carbonyl (C=O) groups is 4. The molecule has 1 aromatic carbocycles. The van der Waals surface area contributed by atoms with Gasteiger partial charge in [-0.15, -0.1) is 0 Å². The molecule has 4 unspecified atom stereocenters. The average Bonchev–Trinajstić information content (AvgIpc) is 3.35. The van der Waals surface area contributed by atoms with Crippen molar-refractivity contribution >= 4 is 35.5 Å². The molecule has 2 rings (SSSR count). The van der Waals surface area contributed by atoms with Gasteiger partial charge in [0, 0.05) is 6.42 Å². The number of benzene rings is 1. The smallest absolute Gasteiger partial charge is 0.326 e. The predicted molar refractivity (Wildman–Crippen MR) is 126 cm³/mol. The van der Waals surface area contributed by atoms with E-state index in [1.165, 1.54) is 23.9 Å². The molecular formula is C22H32N4O7S. The highest BCUT2D eigenvalue weighted by Crippen LogP contribution is 2.12. The number of phenolic OH excluding ortho intramolecular Hbond substituents is 1. The Morgan fingerprint density at radius 3 is 2.26 bits per heavy atom. The van der Waals surface area contributed by atoms with Gasteiger partial charge in [0.15, 0.2) is 0 Å². The molecule has 3 amide bonds. The molecule has 11 nitrogen and oxygen atoms in total. The Morgan fingerprint density at radius 2 is 1.71 bits per heavy atom. The first-order chi connectivity index (χ1) is 16.2. The Bertz CT molecular complexity index is 846. The first-order valence-electron chi connectivity index (χ1n) is 11.0. The van der Waals surface area contributed by atoms with Gasteiger partial charge in [-0.1, -0.05) is 12.1 Å². The quantitative estimate of drug-likeness (QED) is 0.180. The van der Waals surface area contributed by atoms with Crippen molar-refractivity contribution in [3.63, 3.8) is 0 Å². The number of aliphatic hydroxyl groups excluding tert-OH is 1. The Labute approximate surface area is 202 Å². The third kappa shape index (κ3) is 8.50. The van der Waals surface area contributed by atoms with Crippen molar-refractivity contribution in [3.05, 3.63) is 29.8 Å². The monoisotopic (exact) mass is 496 g/mol. The number of aliphatic hydroxyl groups is 1. The minimum Gasteiger partial charge on any atom is -0.508 e. The van der Waals surface area contributed by atoms with Crippen molar-refractivity contribution in [2.24, 2.45) is 0 Å². The minimum atomic E-state index is -1.26. The van der Waals surface area contributed by atoms with Crippen molar-refractivity contribution < 1.29 is 34.5 Å². The molecule has 34 heavy (non-hydrogen) atoms. The van der Waals surface area contributed by atoms with Crippen LogP contribution in [0, 0.1) is 0 Å². The number of hydrogen-bond donors (Lipinski definition) is 7. The summed E-state index contributed by atoms with van der Waals surface area (Å²) >= 11 is 1.45. The van der Waals surface area contributed by atoms with E-state index in [1.54, 1.807) is 12.1 Å². The molecular weight excluding hydrogens is 464 g/mol. The highest BCUT2D eigenvalue weighted by atomic mass is 32.2. The summed E-state index contributed by atoms with van der Waals surface area (Å²) in [6.07, 6.45) is 3.49. The molecule has 1 heterocycles. The fraction of sp³-hybridized carbons (Fsp3) is 0.545. The second kappa shape index (κ2) is 13.8. The maximum Gasteiger partial charge on any atom is 0.326 e. The molecule has 12 heteroatoms. The molecule has 188 valence electrons. The molecule has 0 saturated carbocycles. The van der Waals surface area contributed by atoms with Gasteiger partial charge in [-0.2, -0.15) is 11.8 Å². The Balaban J connectivity index is 2.03. The Hall–Kier alpha value is -2.83. The van der Waals surface area contributed by atoms with Gasteiger partial charge in [-0.3, -0.25) is 14.4 Å². The van der Waals surface area contributed by atoms with Crippen LogP contribution < -0.4 is 21.3 Å². The highest BCUT2D eigenvalue weighted by molar-refractivity contribution is 7.98. The second-order valence-corrected chi connectivity index (χ2v) is 8.99. The van der Waals surface area contributed by atoms with Gasteiger partial charge in [-0.25, -0.2) is 4.79 Å². The summed E-state index contributed by atoms with van der Waals surface area (Å²) in [4.78, 5) is 49.6. The fourth-order valence-corrected chi connectivity index (χ4v) is 3.96. The first kappa shape index (κ1) is 27.4. The lowest BCUT2D eigenvalue weighted by Gasteiger charge is -2.24. The van der Waals surface area contributed by atoms with Crippen LogP contribution >= 0.6 is 11.8 Å². The van der Waals surface area contributed by atoms with E-state index in [1.807, 2.05) is 6.26 Å². The van der Waals surface area contributed by atoms with Crippen LogP contribution in [0.5, 0.6) is 5.75 Å². The van der Waals surface area contributed by atoms with Crippen molar-refractivity contribution in [3.8, 4) is 5.75 Å². The Morgan fingerprint density at radius 1 is 1.06 bits per heavy atom. The molecule has 0 radical (unpaired) electrons. The van der Waals surface area contributed by atoms with E-state index < -0.39 is 54.5 Å². The summed E-state index contributed by atoms with van der Waals surface area (Å²) < 4.78 is 0. The fourth-order valence-electron chi connectivity index (χ4n) is 3.49. The molecule has 0 bridgehead atoms. The van der Waals surface area contributed by atoms with E-state index in [2.05, 4.69) is 21.3 Å². The second-order valence-electron chi connectivity index (χ2n) is 8.01. The largest absolute Gasteiger partial charge is 0.508 e. The minimum absolute atomic E-state index is 0.0196. The van der Waals surface area contributed by atoms with Crippen molar-refractivity contribution in [2.75, 3.05) is 25.2 Å². The molecule has 1 saturated heterocycles. The van der Waals surface area contributed by atoms with Gasteiger partial charge in [0.05, 0.1) is 12.6 Å². The molecule has 1 fully saturated rings. The number of amides is 3. The number of thioether (sulfide) groups is 1. The van der Waals surface area contributed by atoms with E-state index in [-0.39, 0.29) is 18.6 Å². The zero-order valence-corrected chi connectivity index (χ0v) is 19.8. The van der Waals surface area contributed by atoms with Crippen molar-refractivity contribution in [1.29, 1.82) is 0 Å². The first-order valence-corrected chi connectivity index (χ1v) is 12.4. The summed E-state index contributed by atoms with van der Waals surface area (Å²) in [5.74, 6) is -2.53. The zero-order chi connectivity index (χ0) is 25.1. The highest BCUT2D eigenvalue weighted by Gasteiger charge is 2.31. The average molecular weight is 497 g/mol. The number of rotatable bonds is 13. The number of aliphatic carboxylic acids is 1. The summed E-state index contributed by atoms with van der Waals surface area (Å²) in [7, 11) is 0. The molecule has 0 aliphatic carbocycles. The van der Waals surface area contributed by atoms with Gasteiger partial charge in [0.25, 0.3) is 0 Å². The maximum atomic E-state index is 12.9. The summed E-state index contributed by atoms with van der Waals surface area (Å²) in [6.45, 7) is 0.0413. The van der Waals surface area contributed by atoms with Gasteiger partial charge in [0.2, 0.25) is 17.7 Å². The van der Waals surface area contributed by atoms with Gasteiger partial charge < -0.3 is 36.6 Å². The van der Waals surface area contributed by atoms with E-state index in [0.29, 0.717) is 24.3 Å². The number of aromatic hydroxyl groups is 1. The zero-order valence-electron chi connectivity index (χ0n) is 19.0. The molecule has 1 aliphatic rings. The summed E-state index contributed by atoms with van der Waals surface area (Å²) in [6, 6.07) is 1.95. The van der Waals surface area contributed by atoms with Crippen LogP contribution in [0.3, 0.4) is 0 Å². The SMILES string of the molecule is CSCCC(NC(=O)C(CO)NC(=O)C1CCCN1)C(=O)NC(Cc1ccc(O)cc1)C(=O)O. The lowest BCUT2D eigenvalue weighted by Crippen LogP contribution is -2.58. The molecule has 4 atom stereocenters. The number of carboxylic acids is 1. The van der Waals surface area contributed by atoms with Crippen LogP contribution in [-0.4, -0.2) is 88.3 Å². The number of phenols is 1. The van der Waals surface area contributed by atoms with Gasteiger partial charge in [0.1, 0.15) is 23.9 Å². The molecule has 1 aliphatic heterocycles. The van der Waals surface area contributed by atoms with E-state index in [0.717, 1.165) is 6.42 Å². The van der Waals surface area contributed by atoms with Crippen LogP contribution in [0.25, 0.3) is 0 Å². The predicted octanol–water partition coefficient (Wildman–Crippen LogP) is -1.03. The van der Waals surface area contributed by atoms with Crippen LogP contribution in [0.2, 0.25) is 0 Å². The van der Waals surface area contributed by atoms with Crippen LogP contribution in [-0.2, 0) is 25.6 Å². The topological polar surface area (TPSA) is 177 Å². The van der Waals surface area contributed by atoms with E-state index in [4.69, 9.17) is 0 Å². The number of nitrogens with one attached hydrogen (secondary N) is 4. The molecule has 7 N–H and O–H groups in total. The van der Waals surface area contributed by atoms with Crippen LogP contribution in [0.15, 0.2) is 24.3 Å². The van der Waals surface area contributed by atoms with Crippen molar-refractivity contribution in [2.45, 2.75) is 49.9 Å². The van der Waals surface area contributed by atoms with Crippen LogP contribution in [0.4, 0.5) is 0 Å². The van der Waals surface area contributed by atoms with E-state index >= 15 is 0 Å². The number of hydrogen-bond acceptors (Lipinski definition) is 8.